The fraction of sp³-hybridized carbons (Fsp3) is 0.125. The van der Waals surface area contributed by atoms with Crippen molar-refractivity contribution in [3.8, 4) is 0 Å². The Hall–Kier alpha value is -3.03. The van der Waals surface area contributed by atoms with Gasteiger partial charge in [-0.1, -0.05) is 12.1 Å². The minimum atomic E-state index is -1.26. The van der Waals surface area contributed by atoms with Gasteiger partial charge in [-0.25, -0.2) is 22.8 Å². The van der Waals surface area contributed by atoms with E-state index in [4.69, 9.17) is 4.74 Å². The van der Waals surface area contributed by atoms with E-state index in [-0.39, 0.29) is 17.9 Å². The highest BCUT2D eigenvalue weighted by molar-refractivity contribution is 5.99. The van der Waals surface area contributed by atoms with Gasteiger partial charge in [0, 0.05) is 6.07 Å². The van der Waals surface area contributed by atoms with Gasteiger partial charge < -0.3 is 9.47 Å². The van der Waals surface area contributed by atoms with Gasteiger partial charge in [0.15, 0.2) is 11.6 Å². The summed E-state index contributed by atoms with van der Waals surface area (Å²) in [5.74, 6) is -3.91. The number of hydrogen-bond donors (Lipinski definition) is 1. The predicted molar refractivity (Wildman–Crippen MR) is 77.9 cm³/mol. The van der Waals surface area contributed by atoms with E-state index in [2.05, 4.69) is 10.1 Å². The number of hydrogen-bond acceptors (Lipinski definition) is 4. The SMILES string of the molecule is COC(=O)c1cc(F)c(F)cc1NC(=O)OCc1ccc(F)cc1. The molecule has 0 aromatic heterocycles. The molecule has 0 atom stereocenters. The van der Waals surface area contributed by atoms with Crippen molar-refractivity contribution in [1.82, 2.24) is 0 Å². The lowest BCUT2D eigenvalue weighted by Gasteiger charge is -2.11. The number of halogens is 3. The van der Waals surface area contributed by atoms with Crippen LogP contribution in [0.25, 0.3) is 0 Å². The first-order valence-corrected chi connectivity index (χ1v) is 6.66. The summed E-state index contributed by atoms with van der Waals surface area (Å²) in [6.45, 7) is -0.177. The van der Waals surface area contributed by atoms with Crippen LogP contribution in [0.2, 0.25) is 0 Å². The van der Waals surface area contributed by atoms with E-state index in [1.807, 2.05) is 0 Å². The number of esters is 1. The molecule has 2 rings (SSSR count). The summed E-state index contributed by atoms with van der Waals surface area (Å²) >= 11 is 0. The fourth-order valence-corrected chi connectivity index (χ4v) is 1.80. The Bertz CT molecular complexity index is 763. The van der Waals surface area contributed by atoms with Gasteiger partial charge in [-0.2, -0.15) is 0 Å². The van der Waals surface area contributed by atoms with Crippen LogP contribution < -0.4 is 5.32 Å². The number of nitrogens with one attached hydrogen (secondary N) is 1. The maximum Gasteiger partial charge on any atom is 0.411 e. The lowest BCUT2D eigenvalue weighted by atomic mass is 10.1. The van der Waals surface area contributed by atoms with Crippen molar-refractivity contribution in [2.45, 2.75) is 6.61 Å². The molecule has 0 saturated carbocycles. The summed E-state index contributed by atoms with van der Waals surface area (Å²) in [6, 6.07) is 6.47. The molecular weight excluding hydrogens is 327 g/mol. The molecule has 0 bridgehead atoms. The van der Waals surface area contributed by atoms with E-state index in [0.29, 0.717) is 17.7 Å². The Balaban J connectivity index is 2.09. The van der Waals surface area contributed by atoms with E-state index in [0.717, 1.165) is 7.11 Å². The van der Waals surface area contributed by atoms with Crippen LogP contribution in [0, 0.1) is 17.5 Å². The number of methoxy groups -OCH3 is 1. The van der Waals surface area contributed by atoms with E-state index >= 15 is 0 Å². The molecule has 0 radical (unpaired) electrons. The highest BCUT2D eigenvalue weighted by Crippen LogP contribution is 2.21. The van der Waals surface area contributed by atoms with Crippen molar-refractivity contribution in [2.75, 3.05) is 12.4 Å². The summed E-state index contributed by atoms with van der Waals surface area (Å²) in [7, 11) is 1.06. The van der Waals surface area contributed by atoms with E-state index in [1.165, 1.54) is 24.3 Å². The van der Waals surface area contributed by atoms with E-state index < -0.39 is 29.5 Å². The summed E-state index contributed by atoms with van der Waals surface area (Å²) in [4.78, 5) is 23.3. The Morgan fingerprint density at radius 1 is 1.04 bits per heavy atom. The Kier molecular flexibility index (Phi) is 5.41. The van der Waals surface area contributed by atoms with Crippen LogP contribution in [0.3, 0.4) is 0 Å². The summed E-state index contributed by atoms with van der Waals surface area (Å²) in [5.41, 5.74) is -0.148. The average molecular weight is 339 g/mol. The van der Waals surface area contributed by atoms with Crippen molar-refractivity contribution in [3.63, 3.8) is 0 Å². The number of benzene rings is 2. The van der Waals surface area contributed by atoms with Crippen LogP contribution in [0.5, 0.6) is 0 Å². The Morgan fingerprint density at radius 2 is 1.67 bits per heavy atom. The molecule has 0 saturated heterocycles. The summed E-state index contributed by atoms with van der Waals surface area (Å²) in [6.07, 6.45) is -1.00. The third-order valence-electron chi connectivity index (χ3n) is 2.99. The maximum absolute atomic E-state index is 13.3. The standard InChI is InChI=1S/C16H12F3NO4/c1-23-15(21)11-6-12(18)13(19)7-14(11)20-16(22)24-8-9-2-4-10(17)5-3-9/h2-7H,8H2,1H3,(H,20,22). The second-order valence-corrected chi connectivity index (χ2v) is 4.63. The molecule has 0 aliphatic rings. The van der Waals surface area contributed by atoms with Crippen LogP contribution in [-0.4, -0.2) is 19.2 Å². The largest absolute Gasteiger partial charge is 0.465 e. The first-order valence-electron chi connectivity index (χ1n) is 6.66. The molecule has 24 heavy (non-hydrogen) atoms. The monoisotopic (exact) mass is 339 g/mol. The van der Waals surface area contributed by atoms with Crippen molar-refractivity contribution in [2.24, 2.45) is 0 Å². The number of anilines is 1. The molecule has 8 heteroatoms. The highest BCUT2D eigenvalue weighted by Gasteiger charge is 2.18. The van der Waals surface area contributed by atoms with Crippen molar-refractivity contribution < 1.29 is 32.2 Å². The lowest BCUT2D eigenvalue weighted by Crippen LogP contribution is -2.17. The van der Waals surface area contributed by atoms with Crippen molar-refractivity contribution in [3.05, 3.63) is 65.0 Å². The van der Waals surface area contributed by atoms with Crippen LogP contribution in [0.15, 0.2) is 36.4 Å². The molecule has 2 aromatic carbocycles. The summed E-state index contributed by atoms with van der Waals surface area (Å²) in [5, 5.41) is 2.13. The maximum atomic E-state index is 13.3. The zero-order chi connectivity index (χ0) is 17.7. The molecule has 1 amide bonds. The van der Waals surface area contributed by atoms with E-state index in [1.54, 1.807) is 0 Å². The number of carbonyl (C=O) groups excluding carboxylic acids is 2. The highest BCUT2D eigenvalue weighted by atomic mass is 19.2. The van der Waals surface area contributed by atoms with Gasteiger partial charge in [-0.05, 0) is 23.8 Å². The normalized spacial score (nSPS) is 10.2. The molecule has 126 valence electrons. The number of rotatable bonds is 4. The van der Waals surface area contributed by atoms with E-state index in [9.17, 15) is 22.8 Å². The first-order chi connectivity index (χ1) is 11.4. The minimum Gasteiger partial charge on any atom is -0.465 e. The fourth-order valence-electron chi connectivity index (χ4n) is 1.80. The Labute approximate surface area is 135 Å². The predicted octanol–water partition coefficient (Wildman–Crippen LogP) is 3.64. The second-order valence-electron chi connectivity index (χ2n) is 4.63. The van der Waals surface area contributed by atoms with Gasteiger partial charge in [0.05, 0.1) is 18.4 Å². The van der Waals surface area contributed by atoms with Gasteiger partial charge in [0.2, 0.25) is 0 Å². The van der Waals surface area contributed by atoms with Gasteiger partial charge in [-0.3, -0.25) is 5.32 Å². The minimum absolute atomic E-state index is 0.177. The topological polar surface area (TPSA) is 64.6 Å². The zero-order valence-electron chi connectivity index (χ0n) is 12.4. The van der Waals surface area contributed by atoms with Crippen LogP contribution in [-0.2, 0) is 16.1 Å². The summed E-state index contributed by atoms with van der Waals surface area (Å²) < 4.78 is 48.6. The number of carbonyl (C=O) groups is 2. The van der Waals surface area contributed by atoms with Gasteiger partial charge in [0.1, 0.15) is 12.4 Å². The number of amides is 1. The van der Waals surface area contributed by atoms with Crippen molar-refractivity contribution in [1.29, 1.82) is 0 Å². The molecule has 0 spiro atoms. The molecular formula is C16H12F3NO4. The molecule has 2 aromatic rings. The molecule has 0 aliphatic heterocycles. The second kappa shape index (κ2) is 7.49. The average Bonchev–Trinajstić information content (AvgIpc) is 2.56. The molecule has 0 unspecified atom stereocenters. The molecule has 0 heterocycles. The first kappa shape index (κ1) is 17.3. The lowest BCUT2D eigenvalue weighted by molar-refractivity contribution is 0.0601. The third-order valence-corrected chi connectivity index (χ3v) is 2.99. The van der Waals surface area contributed by atoms with Crippen LogP contribution in [0.4, 0.5) is 23.7 Å². The van der Waals surface area contributed by atoms with Crippen LogP contribution >= 0.6 is 0 Å². The van der Waals surface area contributed by atoms with Gasteiger partial charge in [0.25, 0.3) is 0 Å². The third kappa shape index (κ3) is 4.25. The molecule has 1 N–H and O–H groups in total. The Morgan fingerprint density at radius 3 is 2.29 bits per heavy atom. The molecule has 0 aliphatic carbocycles. The van der Waals surface area contributed by atoms with Crippen molar-refractivity contribution >= 4 is 17.7 Å². The van der Waals surface area contributed by atoms with Gasteiger partial charge >= 0.3 is 12.1 Å². The molecule has 5 nitrogen and oxygen atoms in total. The van der Waals surface area contributed by atoms with Gasteiger partial charge in [-0.15, -0.1) is 0 Å². The smallest absolute Gasteiger partial charge is 0.411 e. The number of ether oxygens (including phenoxy) is 2. The quantitative estimate of drug-likeness (QED) is 0.864. The molecule has 0 fully saturated rings. The zero-order valence-corrected chi connectivity index (χ0v) is 12.4. The van der Waals surface area contributed by atoms with Crippen LogP contribution in [0.1, 0.15) is 15.9 Å².